The second-order valence-electron chi connectivity index (χ2n) is 5.21. The third-order valence-electron chi connectivity index (χ3n) is 3.71. The zero-order valence-electron chi connectivity index (χ0n) is 12.7. The molecule has 0 saturated carbocycles. The van der Waals surface area contributed by atoms with E-state index in [1.165, 1.54) is 11.8 Å². The molecule has 2 aromatic carbocycles. The minimum atomic E-state index is -0.672. The van der Waals surface area contributed by atoms with E-state index in [1.54, 1.807) is 6.92 Å². The van der Waals surface area contributed by atoms with Gasteiger partial charge in [-0.25, -0.2) is 0 Å². The molecular weight excluding hydrogens is 292 g/mol. The van der Waals surface area contributed by atoms with Gasteiger partial charge in [0.15, 0.2) is 5.78 Å². The van der Waals surface area contributed by atoms with E-state index in [0.717, 1.165) is 21.8 Å². The molecule has 0 radical (unpaired) electrons. The molecule has 1 aliphatic rings. The van der Waals surface area contributed by atoms with Gasteiger partial charge in [0, 0.05) is 17.5 Å². The molecule has 1 heterocycles. The van der Waals surface area contributed by atoms with E-state index < -0.39 is 4.93 Å². The summed E-state index contributed by atoms with van der Waals surface area (Å²) in [6.07, 6.45) is 0.712. The van der Waals surface area contributed by atoms with Gasteiger partial charge < -0.3 is 4.74 Å². The van der Waals surface area contributed by atoms with Crippen LogP contribution >= 0.6 is 11.8 Å². The smallest absolute Gasteiger partial charge is 0.210 e. The lowest BCUT2D eigenvalue weighted by atomic mass is 10.0. The summed E-state index contributed by atoms with van der Waals surface area (Å²) in [7, 11) is 0. The number of carbonyl (C=O) groups excluding carboxylic acids is 1. The molecule has 0 amide bonds. The molecule has 0 saturated heterocycles. The van der Waals surface area contributed by atoms with Crippen LogP contribution in [0.1, 0.15) is 31.4 Å². The molecule has 0 bridgehead atoms. The number of ketones is 1. The van der Waals surface area contributed by atoms with Crippen molar-refractivity contribution in [2.24, 2.45) is 0 Å². The number of carbonyl (C=O) groups is 1. The van der Waals surface area contributed by atoms with Gasteiger partial charge in [0.25, 0.3) is 0 Å². The Labute approximate surface area is 135 Å². The van der Waals surface area contributed by atoms with Gasteiger partial charge in [0.05, 0.1) is 4.91 Å². The summed E-state index contributed by atoms with van der Waals surface area (Å²) < 4.78 is 6.37. The third-order valence-corrected chi connectivity index (χ3v) is 5.28. The van der Waals surface area contributed by atoms with Crippen LogP contribution in [0, 0.1) is 0 Å². The second-order valence-corrected chi connectivity index (χ2v) is 6.40. The lowest BCUT2D eigenvalue weighted by Crippen LogP contribution is -2.23. The van der Waals surface area contributed by atoms with Crippen LogP contribution in [0.2, 0.25) is 0 Å². The first kappa shape index (κ1) is 14.9. The Balaban J connectivity index is 2.14. The fraction of sp³-hybridized carbons (Fsp3) is 0.211. The summed E-state index contributed by atoms with van der Waals surface area (Å²) in [6, 6.07) is 20.2. The molecule has 0 atom stereocenters. The van der Waals surface area contributed by atoms with E-state index in [4.69, 9.17) is 4.74 Å². The van der Waals surface area contributed by atoms with Gasteiger partial charge in [-0.15, -0.1) is 0 Å². The topological polar surface area (TPSA) is 26.3 Å². The summed E-state index contributed by atoms with van der Waals surface area (Å²) in [6.45, 7) is 3.62. The highest BCUT2D eigenvalue weighted by Crippen LogP contribution is 2.55. The van der Waals surface area contributed by atoms with Gasteiger partial charge in [-0.3, -0.25) is 4.79 Å². The number of thioether (sulfide) groups is 1. The molecule has 1 aliphatic heterocycles. The van der Waals surface area contributed by atoms with Crippen molar-refractivity contribution in [1.29, 1.82) is 0 Å². The summed E-state index contributed by atoms with van der Waals surface area (Å²) in [5.41, 5.74) is 2.10. The minimum absolute atomic E-state index is 0.0654. The molecule has 3 rings (SSSR count). The van der Waals surface area contributed by atoms with E-state index in [9.17, 15) is 4.79 Å². The van der Waals surface area contributed by atoms with Crippen molar-refractivity contribution in [3.05, 3.63) is 82.5 Å². The second kappa shape index (κ2) is 6.01. The summed E-state index contributed by atoms with van der Waals surface area (Å²) in [5.74, 6) is 0.848. The standard InChI is InChI=1S/C19H18O2S/c1-3-17-18(14(2)20)22-19(21-17,15-10-6-4-7-11-15)16-12-8-5-9-13-16/h4-13H,3H2,1-2H3. The molecule has 0 N–H and O–H groups in total. The number of Topliss-reactive ketones (excluding diaryl/α,β-unsaturated/α-hetero) is 1. The molecule has 0 fully saturated rings. The van der Waals surface area contributed by atoms with Crippen LogP contribution in [-0.2, 0) is 14.5 Å². The molecule has 0 spiro atoms. The van der Waals surface area contributed by atoms with Crippen molar-refractivity contribution < 1.29 is 9.53 Å². The molecule has 2 aromatic rings. The molecular formula is C19H18O2S. The summed E-state index contributed by atoms with van der Waals surface area (Å²) >= 11 is 1.51. The first-order valence-corrected chi connectivity index (χ1v) is 8.22. The van der Waals surface area contributed by atoms with E-state index in [0.29, 0.717) is 6.42 Å². The van der Waals surface area contributed by atoms with Crippen LogP contribution in [0.25, 0.3) is 0 Å². The largest absolute Gasteiger partial charge is 0.471 e. The van der Waals surface area contributed by atoms with Gasteiger partial charge in [-0.2, -0.15) is 0 Å². The third kappa shape index (κ3) is 2.46. The highest BCUT2D eigenvalue weighted by molar-refractivity contribution is 8.05. The van der Waals surface area contributed by atoms with Crippen molar-refractivity contribution in [3.63, 3.8) is 0 Å². The molecule has 3 heteroatoms. The Bertz CT molecular complexity index is 665. The minimum Gasteiger partial charge on any atom is -0.471 e. The number of allylic oxidation sites excluding steroid dienone is 2. The number of ether oxygens (including phenoxy) is 1. The van der Waals surface area contributed by atoms with E-state index >= 15 is 0 Å². The average Bonchev–Trinajstić information content (AvgIpc) is 2.98. The van der Waals surface area contributed by atoms with Gasteiger partial charge in [-0.05, 0) is 6.92 Å². The molecule has 0 aliphatic carbocycles. The van der Waals surface area contributed by atoms with Crippen LogP contribution in [0.5, 0.6) is 0 Å². The monoisotopic (exact) mass is 310 g/mol. The molecule has 22 heavy (non-hydrogen) atoms. The van der Waals surface area contributed by atoms with Gasteiger partial charge in [0.2, 0.25) is 4.93 Å². The average molecular weight is 310 g/mol. The van der Waals surface area contributed by atoms with Crippen molar-refractivity contribution in [2.75, 3.05) is 0 Å². The Hall–Kier alpha value is -2.00. The molecule has 112 valence electrons. The van der Waals surface area contributed by atoms with E-state index in [1.807, 2.05) is 43.3 Å². The van der Waals surface area contributed by atoms with Crippen molar-refractivity contribution >= 4 is 17.5 Å². The lowest BCUT2D eigenvalue weighted by Gasteiger charge is -2.30. The Morgan fingerprint density at radius 2 is 1.50 bits per heavy atom. The Morgan fingerprint density at radius 3 is 1.86 bits per heavy atom. The van der Waals surface area contributed by atoms with Gasteiger partial charge in [0.1, 0.15) is 5.76 Å². The SMILES string of the molecule is CCC1=C(C(C)=O)SC(c2ccccc2)(c2ccccc2)O1. The number of benzene rings is 2. The quantitative estimate of drug-likeness (QED) is 0.806. The Morgan fingerprint density at radius 1 is 1.00 bits per heavy atom. The van der Waals surface area contributed by atoms with E-state index in [2.05, 4.69) is 24.3 Å². The van der Waals surface area contributed by atoms with Crippen LogP contribution in [-0.4, -0.2) is 5.78 Å². The predicted molar refractivity (Wildman–Crippen MR) is 90.3 cm³/mol. The number of rotatable bonds is 4. The fourth-order valence-corrected chi connectivity index (χ4v) is 4.04. The van der Waals surface area contributed by atoms with Gasteiger partial charge in [-0.1, -0.05) is 79.3 Å². The normalized spacial score (nSPS) is 16.5. The maximum Gasteiger partial charge on any atom is 0.210 e. The van der Waals surface area contributed by atoms with Crippen LogP contribution in [0.15, 0.2) is 71.3 Å². The fourth-order valence-electron chi connectivity index (χ4n) is 2.66. The molecule has 2 nitrogen and oxygen atoms in total. The van der Waals surface area contributed by atoms with Crippen molar-refractivity contribution in [2.45, 2.75) is 25.2 Å². The maximum absolute atomic E-state index is 12.0. The maximum atomic E-state index is 12.0. The summed E-state index contributed by atoms with van der Waals surface area (Å²) in [4.78, 5) is 12.1. The highest BCUT2D eigenvalue weighted by atomic mass is 32.2. The number of hydrogen-bond donors (Lipinski definition) is 0. The van der Waals surface area contributed by atoms with Crippen LogP contribution in [0.3, 0.4) is 0 Å². The Kier molecular flexibility index (Phi) is 4.08. The van der Waals surface area contributed by atoms with E-state index in [-0.39, 0.29) is 5.78 Å². The van der Waals surface area contributed by atoms with Crippen LogP contribution < -0.4 is 0 Å². The predicted octanol–water partition coefficient (Wildman–Crippen LogP) is 4.86. The number of hydrogen-bond acceptors (Lipinski definition) is 3. The van der Waals surface area contributed by atoms with Crippen LogP contribution in [0.4, 0.5) is 0 Å². The zero-order chi connectivity index (χ0) is 15.6. The van der Waals surface area contributed by atoms with Gasteiger partial charge >= 0.3 is 0 Å². The summed E-state index contributed by atoms with van der Waals surface area (Å²) in [5, 5.41) is 0. The molecule has 0 unspecified atom stereocenters. The first-order valence-electron chi connectivity index (χ1n) is 7.40. The van der Waals surface area contributed by atoms with Crippen molar-refractivity contribution in [3.8, 4) is 0 Å². The first-order chi connectivity index (χ1) is 10.7. The zero-order valence-corrected chi connectivity index (χ0v) is 13.5. The van der Waals surface area contributed by atoms with Crippen molar-refractivity contribution in [1.82, 2.24) is 0 Å². The lowest BCUT2D eigenvalue weighted by molar-refractivity contribution is -0.113. The highest BCUT2D eigenvalue weighted by Gasteiger charge is 2.45. The molecule has 0 aromatic heterocycles.